The van der Waals surface area contributed by atoms with Gasteiger partial charge in [0.2, 0.25) is 0 Å². The molecule has 6 nitrogen and oxygen atoms in total. The van der Waals surface area contributed by atoms with Crippen LogP contribution in [0.5, 0.6) is 0 Å². The van der Waals surface area contributed by atoms with Crippen LogP contribution in [0.2, 0.25) is 0 Å². The molecule has 2 aromatic heterocycles. The maximum absolute atomic E-state index is 11.1. The van der Waals surface area contributed by atoms with Gasteiger partial charge in [-0.2, -0.15) is 9.61 Å². The number of carboxylic acid groups (broad SMARTS) is 1. The highest BCUT2D eigenvalue weighted by atomic mass is 16.4. The van der Waals surface area contributed by atoms with Crippen LogP contribution in [0.4, 0.5) is 11.5 Å². The molecule has 0 saturated heterocycles. The lowest BCUT2D eigenvalue weighted by atomic mass is 10.3. The third-order valence-corrected chi connectivity index (χ3v) is 2.88. The van der Waals surface area contributed by atoms with Crippen LogP contribution in [0.25, 0.3) is 5.65 Å². The monoisotopic (exact) mass is 268 g/mol. The molecule has 3 rings (SSSR count). The van der Waals surface area contributed by atoms with Crippen molar-refractivity contribution in [3.8, 4) is 0 Å². The number of hydrogen-bond donors (Lipinski definition) is 2. The largest absolute Gasteiger partial charge is 0.477 e. The lowest BCUT2D eigenvalue weighted by molar-refractivity contribution is 0.0699. The highest BCUT2D eigenvalue weighted by Gasteiger charge is 2.15. The van der Waals surface area contributed by atoms with Gasteiger partial charge in [-0.3, -0.25) is 0 Å². The fraction of sp³-hybridized carbons (Fsp3) is 0.0714. The van der Waals surface area contributed by atoms with E-state index in [0.29, 0.717) is 11.5 Å². The molecule has 2 heterocycles. The van der Waals surface area contributed by atoms with Crippen molar-refractivity contribution in [1.82, 2.24) is 14.6 Å². The number of para-hydroxylation sites is 1. The second-order valence-corrected chi connectivity index (χ2v) is 4.37. The molecule has 20 heavy (non-hydrogen) atoms. The van der Waals surface area contributed by atoms with Gasteiger partial charge in [0, 0.05) is 17.4 Å². The van der Waals surface area contributed by atoms with Gasteiger partial charge in [0.25, 0.3) is 0 Å². The van der Waals surface area contributed by atoms with Gasteiger partial charge in [0.05, 0.1) is 6.20 Å². The van der Waals surface area contributed by atoms with Crippen molar-refractivity contribution in [2.24, 2.45) is 0 Å². The Morgan fingerprint density at radius 1 is 1.30 bits per heavy atom. The van der Waals surface area contributed by atoms with E-state index in [1.54, 1.807) is 0 Å². The number of anilines is 2. The maximum Gasteiger partial charge on any atom is 0.341 e. The van der Waals surface area contributed by atoms with Crippen molar-refractivity contribution >= 4 is 23.1 Å². The molecule has 0 amide bonds. The summed E-state index contributed by atoms with van der Waals surface area (Å²) >= 11 is 0. The highest BCUT2D eigenvalue weighted by Crippen LogP contribution is 2.19. The van der Waals surface area contributed by atoms with Crippen LogP contribution in [0, 0.1) is 6.92 Å². The van der Waals surface area contributed by atoms with Crippen LogP contribution < -0.4 is 5.32 Å². The Bertz CT molecular complexity index is 780. The van der Waals surface area contributed by atoms with Crippen LogP contribution >= 0.6 is 0 Å². The summed E-state index contributed by atoms with van der Waals surface area (Å²) in [5.41, 5.74) is 2.03. The van der Waals surface area contributed by atoms with E-state index in [4.69, 9.17) is 5.11 Å². The Morgan fingerprint density at radius 3 is 2.75 bits per heavy atom. The fourth-order valence-electron chi connectivity index (χ4n) is 1.99. The smallest absolute Gasteiger partial charge is 0.341 e. The SMILES string of the molecule is Cc1cc(Nc2ccccc2)n2ncc(C(=O)O)c2n1. The summed E-state index contributed by atoms with van der Waals surface area (Å²) < 4.78 is 1.49. The van der Waals surface area contributed by atoms with Crippen LogP contribution in [-0.2, 0) is 0 Å². The number of aryl methyl sites for hydroxylation is 1. The quantitative estimate of drug-likeness (QED) is 0.762. The average Bonchev–Trinajstić information content (AvgIpc) is 2.83. The van der Waals surface area contributed by atoms with Crippen molar-refractivity contribution < 1.29 is 9.90 Å². The standard InChI is InChI=1S/C14H12N4O2/c1-9-7-12(17-10-5-3-2-4-6-10)18-13(16-9)11(8-15-18)14(19)20/h2-8,17H,1H3,(H,19,20). The van der Waals surface area contributed by atoms with Crippen LogP contribution in [0.3, 0.4) is 0 Å². The molecule has 2 N–H and O–H groups in total. The normalized spacial score (nSPS) is 10.7. The zero-order chi connectivity index (χ0) is 14.1. The first-order chi connectivity index (χ1) is 9.65. The number of carbonyl (C=O) groups is 1. The molecule has 0 radical (unpaired) electrons. The van der Waals surface area contributed by atoms with Crippen molar-refractivity contribution in [2.75, 3.05) is 5.32 Å². The van der Waals surface area contributed by atoms with Crippen molar-refractivity contribution in [2.45, 2.75) is 6.92 Å². The Kier molecular flexibility index (Phi) is 2.83. The lowest BCUT2D eigenvalue weighted by Gasteiger charge is -2.09. The van der Waals surface area contributed by atoms with E-state index in [0.717, 1.165) is 11.4 Å². The highest BCUT2D eigenvalue weighted by molar-refractivity contribution is 5.94. The van der Waals surface area contributed by atoms with Crippen LogP contribution in [-0.4, -0.2) is 25.7 Å². The molecule has 0 saturated carbocycles. The molecule has 100 valence electrons. The third kappa shape index (κ3) is 2.07. The summed E-state index contributed by atoms with van der Waals surface area (Å²) in [6.07, 6.45) is 1.31. The summed E-state index contributed by atoms with van der Waals surface area (Å²) in [7, 11) is 0. The van der Waals surface area contributed by atoms with E-state index in [1.165, 1.54) is 10.7 Å². The van der Waals surface area contributed by atoms with Crippen LogP contribution in [0.15, 0.2) is 42.6 Å². The van der Waals surface area contributed by atoms with Gasteiger partial charge in [-0.1, -0.05) is 18.2 Å². The molecule has 0 aliphatic carbocycles. The van der Waals surface area contributed by atoms with Gasteiger partial charge in [-0.05, 0) is 19.1 Å². The second-order valence-electron chi connectivity index (χ2n) is 4.37. The molecule has 0 spiro atoms. The lowest BCUT2D eigenvalue weighted by Crippen LogP contribution is -2.04. The van der Waals surface area contributed by atoms with E-state index in [1.807, 2.05) is 43.3 Å². The number of rotatable bonds is 3. The molecule has 6 heteroatoms. The first-order valence-electron chi connectivity index (χ1n) is 6.06. The van der Waals surface area contributed by atoms with Gasteiger partial charge >= 0.3 is 5.97 Å². The topological polar surface area (TPSA) is 79.5 Å². The Morgan fingerprint density at radius 2 is 2.05 bits per heavy atom. The molecule has 3 aromatic rings. The number of carboxylic acids is 1. The van der Waals surface area contributed by atoms with E-state index in [9.17, 15) is 4.79 Å². The van der Waals surface area contributed by atoms with E-state index in [-0.39, 0.29) is 5.56 Å². The number of fused-ring (bicyclic) bond motifs is 1. The van der Waals surface area contributed by atoms with E-state index >= 15 is 0 Å². The summed E-state index contributed by atoms with van der Waals surface area (Å²) in [6.45, 7) is 1.81. The molecule has 0 unspecified atom stereocenters. The molecule has 1 aromatic carbocycles. The first kappa shape index (κ1) is 12.2. The number of aromatic nitrogens is 3. The van der Waals surface area contributed by atoms with E-state index < -0.39 is 5.97 Å². The number of nitrogens with one attached hydrogen (secondary N) is 1. The van der Waals surface area contributed by atoms with Gasteiger partial charge in [-0.25, -0.2) is 9.78 Å². The number of hydrogen-bond acceptors (Lipinski definition) is 4. The third-order valence-electron chi connectivity index (χ3n) is 2.88. The maximum atomic E-state index is 11.1. The minimum atomic E-state index is -1.04. The number of nitrogens with zero attached hydrogens (tertiary/aromatic N) is 3. The molecule has 0 bridgehead atoms. The number of aromatic carboxylic acids is 1. The zero-order valence-corrected chi connectivity index (χ0v) is 10.7. The summed E-state index contributed by atoms with van der Waals surface area (Å²) in [5.74, 6) is -0.366. The average molecular weight is 268 g/mol. The Hall–Kier alpha value is -2.89. The minimum absolute atomic E-state index is 0.0878. The first-order valence-corrected chi connectivity index (χ1v) is 6.06. The van der Waals surface area contributed by atoms with Gasteiger partial charge in [0.1, 0.15) is 11.4 Å². The van der Waals surface area contributed by atoms with Crippen molar-refractivity contribution in [1.29, 1.82) is 0 Å². The van der Waals surface area contributed by atoms with Crippen molar-refractivity contribution in [3.05, 3.63) is 53.9 Å². The Balaban J connectivity index is 2.13. The van der Waals surface area contributed by atoms with E-state index in [2.05, 4.69) is 15.4 Å². The summed E-state index contributed by atoms with van der Waals surface area (Å²) in [6, 6.07) is 11.4. The summed E-state index contributed by atoms with van der Waals surface area (Å²) in [5, 5.41) is 16.4. The molecule has 0 aliphatic heterocycles. The minimum Gasteiger partial charge on any atom is -0.477 e. The predicted molar refractivity (Wildman–Crippen MR) is 74.4 cm³/mol. The Labute approximate surface area is 114 Å². The molecule has 0 atom stereocenters. The van der Waals surface area contributed by atoms with Gasteiger partial charge in [0.15, 0.2) is 5.65 Å². The van der Waals surface area contributed by atoms with Gasteiger partial charge < -0.3 is 10.4 Å². The number of benzene rings is 1. The van der Waals surface area contributed by atoms with Crippen molar-refractivity contribution in [3.63, 3.8) is 0 Å². The molecular formula is C14H12N4O2. The summed E-state index contributed by atoms with van der Waals surface area (Å²) in [4.78, 5) is 15.4. The van der Waals surface area contributed by atoms with Gasteiger partial charge in [-0.15, -0.1) is 0 Å². The predicted octanol–water partition coefficient (Wildman–Crippen LogP) is 2.48. The molecule has 0 aliphatic rings. The molecule has 0 fully saturated rings. The molecular weight excluding hydrogens is 256 g/mol. The van der Waals surface area contributed by atoms with Crippen LogP contribution in [0.1, 0.15) is 16.1 Å². The zero-order valence-electron chi connectivity index (χ0n) is 10.7. The second kappa shape index (κ2) is 4.65. The fourth-order valence-corrected chi connectivity index (χ4v) is 1.99.